The number of likely N-dealkylation sites (tertiary alicyclic amines) is 1. The smallest absolute Gasteiger partial charge is 0.231 e. The fourth-order valence-electron chi connectivity index (χ4n) is 5.32. The third kappa shape index (κ3) is 2.72. The lowest BCUT2D eigenvalue weighted by molar-refractivity contribution is -0.0708. The Morgan fingerprint density at radius 2 is 1.68 bits per heavy atom. The third-order valence-corrected chi connectivity index (χ3v) is 6.85. The van der Waals surface area contributed by atoms with Crippen molar-refractivity contribution in [1.29, 1.82) is 0 Å². The summed E-state index contributed by atoms with van der Waals surface area (Å²) in [5.74, 6) is 2.83. The molecule has 0 saturated carbocycles. The Morgan fingerprint density at radius 3 is 2.57 bits per heavy atom. The van der Waals surface area contributed by atoms with Crippen LogP contribution in [-0.4, -0.2) is 50.5 Å². The molecule has 0 bridgehead atoms. The molecule has 0 aromatic heterocycles. The van der Waals surface area contributed by atoms with Crippen molar-refractivity contribution in [3.05, 3.63) is 48.0 Å². The van der Waals surface area contributed by atoms with E-state index in [1.165, 1.54) is 37.2 Å². The maximum absolute atomic E-state index is 6.07. The van der Waals surface area contributed by atoms with Crippen LogP contribution in [0.15, 0.2) is 42.5 Å². The zero-order chi connectivity index (χ0) is 18.6. The van der Waals surface area contributed by atoms with Gasteiger partial charge < -0.3 is 19.1 Å². The summed E-state index contributed by atoms with van der Waals surface area (Å²) in [6.45, 7) is 5.77. The van der Waals surface area contributed by atoms with E-state index in [1.807, 2.05) is 6.07 Å². The van der Waals surface area contributed by atoms with Crippen LogP contribution in [0.4, 0.5) is 5.69 Å². The fraction of sp³-hybridized carbons (Fsp3) is 0.478. The van der Waals surface area contributed by atoms with Gasteiger partial charge in [-0.3, -0.25) is 4.90 Å². The minimum absolute atomic E-state index is 0.336. The summed E-state index contributed by atoms with van der Waals surface area (Å²) < 4.78 is 17.0. The number of para-hydroxylation sites is 1. The summed E-state index contributed by atoms with van der Waals surface area (Å²) in [4.78, 5) is 5.17. The van der Waals surface area contributed by atoms with Crippen molar-refractivity contribution in [3.63, 3.8) is 0 Å². The molecule has 4 aliphatic rings. The fourth-order valence-corrected chi connectivity index (χ4v) is 5.32. The lowest BCUT2D eigenvalue weighted by Gasteiger charge is -2.56. The van der Waals surface area contributed by atoms with Crippen LogP contribution in [0, 0.1) is 5.41 Å². The first-order valence-electron chi connectivity index (χ1n) is 10.4. The van der Waals surface area contributed by atoms with E-state index in [4.69, 9.17) is 14.2 Å². The van der Waals surface area contributed by atoms with Gasteiger partial charge >= 0.3 is 0 Å². The molecule has 5 nitrogen and oxygen atoms in total. The molecule has 0 radical (unpaired) electrons. The average molecular weight is 378 g/mol. The number of benzene rings is 2. The van der Waals surface area contributed by atoms with Crippen LogP contribution in [0.1, 0.15) is 18.4 Å². The zero-order valence-corrected chi connectivity index (χ0v) is 16.1. The highest BCUT2D eigenvalue weighted by atomic mass is 16.7. The normalized spacial score (nSPS) is 23.2. The van der Waals surface area contributed by atoms with Gasteiger partial charge in [-0.15, -0.1) is 0 Å². The Hall–Kier alpha value is -2.40. The standard InChI is InChI=1S/C23H26N2O3/c1-2-4-20-17(3-1)12-23(15-26-20)13-25(14-23)18-7-9-24(10-8-18)19-5-6-21-22(11-19)28-16-27-21/h1-6,11,18H,7-10,12-16H2. The van der Waals surface area contributed by atoms with Gasteiger partial charge in [-0.25, -0.2) is 0 Å². The summed E-state index contributed by atoms with van der Waals surface area (Å²) in [5.41, 5.74) is 2.97. The number of anilines is 1. The number of fused-ring (bicyclic) bond motifs is 2. The number of ether oxygens (including phenoxy) is 3. The van der Waals surface area contributed by atoms with Gasteiger partial charge in [0.05, 0.1) is 6.61 Å². The van der Waals surface area contributed by atoms with Crippen molar-refractivity contribution in [2.45, 2.75) is 25.3 Å². The van der Waals surface area contributed by atoms with Crippen LogP contribution >= 0.6 is 0 Å². The van der Waals surface area contributed by atoms with Crippen molar-refractivity contribution in [3.8, 4) is 17.2 Å². The summed E-state index contributed by atoms with van der Waals surface area (Å²) in [7, 11) is 0. The lowest BCUT2D eigenvalue weighted by atomic mass is 9.72. The maximum atomic E-state index is 6.07. The summed E-state index contributed by atoms with van der Waals surface area (Å²) in [5, 5.41) is 0. The van der Waals surface area contributed by atoms with E-state index in [1.54, 1.807) is 0 Å². The van der Waals surface area contributed by atoms with E-state index in [0.717, 1.165) is 43.4 Å². The molecule has 2 aromatic carbocycles. The predicted molar refractivity (Wildman–Crippen MR) is 107 cm³/mol. The van der Waals surface area contributed by atoms with Crippen LogP contribution < -0.4 is 19.1 Å². The largest absolute Gasteiger partial charge is 0.493 e. The molecule has 0 aliphatic carbocycles. The quantitative estimate of drug-likeness (QED) is 0.801. The van der Waals surface area contributed by atoms with E-state index >= 15 is 0 Å². The van der Waals surface area contributed by atoms with Gasteiger partial charge in [-0.2, -0.15) is 0 Å². The van der Waals surface area contributed by atoms with E-state index in [2.05, 4.69) is 46.2 Å². The molecule has 1 spiro atoms. The second-order valence-corrected chi connectivity index (χ2v) is 8.73. The Balaban J connectivity index is 1.06. The van der Waals surface area contributed by atoms with Crippen molar-refractivity contribution in [1.82, 2.24) is 4.90 Å². The number of nitrogens with zero attached hydrogens (tertiary/aromatic N) is 2. The van der Waals surface area contributed by atoms with Crippen molar-refractivity contribution in [2.75, 3.05) is 44.5 Å². The lowest BCUT2D eigenvalue weighted by Crippen LogP contribution is -2.65. The average Bonchev–Trinajstić information content (AvgIpc) is 3.20. The first-order valence-corrected chi connectivity index (χ1v) is 10.4. The van der Waals surface area contributed by atoms with E-state index in [9.17, 15) is 0 Å². The molecule has 0 N–H and O–H groups in total. The van der Waals surface area contributed by atoms with Gasteiger partial charge in [-0.1, -0.05) is 18.2 Å². The molecule has 146 valence electrons. The topological polar surface area (TPSA) is 34.2 Å². The molecule has 2 fully saturated rings. The highest BCUT2D eigenvalue weighted by Crippen LogP contribution is 2.43. The summed E-state index contributed by atoms with van der Waals surface area (Å²) in [6.07, 6.45) is 3.61. The van der Waals surface area contributed by atoms with Crippen LogP contribution in [0.2, 0.25) is 0 Å². The Morgan fingerprint density at radius 1 is 0.857 bits per heavy atom. The minimum Gasteiger partial charge on any atom is -0.493 e. The van der Waals surface area contributed by atoms with Crippen molar-refractivity contribution < 1.29 is 14.2 Å². The zero-order valence-electron chi connectivity index (χ0n) is 16.1. The van der Waals surface area contributed by atoms with E-state index in [-0.39, 0.29) is 0 Å². The molecule has 4 heterocycles. The Labute approximate surface area is 165 Å². The highest BCUT2D eigenvalue weighted by molar-refractivity contribution is 5.57. The molecular formula is C23H26N2O3. The van der Waals surface area contributed by atoms with E-state index < -0.39 is 0 Å². The third-order valence-electron chi connectivity index (χ3n) is 6.85. The highest BCUT2D eigenvalue weighted by Gasteiger charge is 2.48. The monoisotopic (exact) mass is 378 g/mol. The van der Waals surface area contributed by atoms with Gasteiger partial charge in [0, 0.05) is 49.4 Å². The molecule has 2 aromatic rings. The summed E-state index contributed by atoms with van der Waals surface area (Å²) >= 11 is 0. The Kier molecular flexibility index (Phi) is 3.73. The number of hydrogen-bond donors (Lipinski definition) is 0. The van der Waals surface area contributed by atoms with E-state index in [0.29, 0.717) is 18.2 Å². The maximum Gasteiger partial charge on any atom is 0.231 e. The molecule has 28 heavy (non-hydrogen) atoms. The number of hydrogen-bond acceptors (Lipinski definition) is 5. The number of piperidine rings is 1. The van der Waals surface area contributed by atoms with Gasteiger partial charge in [0.25, 0.3) is 0 Å². The van der Waals surface area contributed by atoms with Crippen LogP contribution in [0.5, 0.6) is 17.2 Å². The van der Waals surface area contributed by atoms with Gasteiger partial charge in [-0.05, 0) is 43.0 Å². The molecule has 0 atom stereocenters. The second-order valence-electron chi connectivity index (χ2n) is 8.73. The van der Waals surface area contributed by atoms with Gasteiger partial charge in [0.1, 0.15) is 5.75 Å². The molecule has 0 unspecified atom stereocenters. The summed E-state index contributed by atoms with van der Waals surface area (Å²) in [6, 6.07) is 15.5. The van der Waals surface area contributed by atoms with Crippen LogP contribution in [0.25, 0.3) is 0 Å². The van der Waals surface area contributed by atoms with Crippen molar-refractivity contribution >= 4 is 5.69 Å². The van der Waals surface area contributed by atoms with Gasteiger partial charge in [0.15, 0.2) is 11.5 Å². The SMILES string of the molecule is c1ccc2c(c1)CC1(CO2)CN(C2CCN(c3ccc4c(c3)OCO4)CC2)C1. The molecule has 2 saturated heterocycles. The molecule has 0 amide bonds. The molecular weight excluding hydrogens is 352 g/mol. The minimum atomic E-state index is 0.336. The molecule has 5 heteroatoms. The Bertz CT molecular complexity index is 885. The van der Waals surface area contributed by atoms with Crippen LogP contribution in [0.3, 0.4) is 0 Å². The van der Waals surface area contributed by atoms with Gasteiger partial charge in [0.2, 0.25) is 6.79 Å². The first-order chi connectivity index (χ1) is 13.8. The predicted octanol–water partition coefficient (Wildman–Crippen LogP) is 3.32. The van der Waals surface area contributed by atoms with Crippen LogP contribution in [-0.2, 0) is 6.42 Å². The molecule has 6 rings (SSSR count). The number of rotatable bonds is 2. The first kappa shape index (κ1) is 16.5. The van der Waals surface area contributed by atoms with Crippen molar-refractivity contribution in [2.24, 2.45) is 5.41 Å². The molecule has 4 aliphatic heterocycles. The second kappa shape index (κ2) is 6.31.